The van der Waals surface area contributed by atoms with Crippen LogP contribution in [0.1, 0.15) is 53.2 Å². The van der Waals surface area contributed by atoms with Gasteiger partial charge < -0.3 is 4.43 Å². The van der Waals surface area contributed by atoms with E-state index in [1.807, 2.05) is 0 Å². The number of fused-ring (bicyclic) bond motifs is 1. The minimum Gasteiger partial charge on any atom is -0.419 e. The Balaban J connectivity index is 0. The van der Waals surface area contributed by atoms with Gasteiger partial charge in [-0.25, -0.2) is 5.57 Å². The van der Waals surface area contributed by atoms with Gasteiger partial charge in [-0.2, -0.15) is 17.2 Å². The molecule has 146 valence electrons. The summed E-state index contributed by atoms with van der Waals surface area (Å²) in [5.74, 6) is 0. The Labute approximate surface area is 199 Å². The Hall–Kier alpha value is -0.0500. The van der Waals surface area contributed by atoms with Crippen molar-refractivity contribution in [2.24, 2.45) is 5.41 Å². The molecule has 0 N–H and O–H groups in total. The molecule has 27 heavy (non-hydrogen) atoms. The van der Waals surface area contributed by atoms with E-state index in [2.05, 4.69) is 90.6 Å². The van der Waals surface area contributed by atoms with E-state index in [9.17, 15) is 0 Å². The molecule has 3 rings (SSSR count). The fourth-order valence-corrected chi connectivity index (χ4v) is 3.66. The molecule has 1 aliphatic rings. The molecule has 0 bridgehead atoms. The third-order valence-corrected chi connectivity index (χ3v) is 5.60. The van der Waals surface area contributed by atoms with Crippen LogP contribution < -0.4 is 0 Å². The van der Waals surface area contributed by atoms with Gasteiger partial charge in [0.05, 0.1) is 0 Å². The van der Waals surface area contributed by atoms with Crippen LogP contribution in [0.5, 0.6) is 0 Å². The molecule has 5 heteroatoms. The Morgan fingerprint density at radius 2 is 1.67 bits per heavy atom. The summed E-state index contributed by atoms with van der Waals surface area (Å²) in [5.41, 5.74) is 5.70. The van der Waals surface area contributed by atoms with E-state index in [4.69, 9.17) is 4.43 Å². The molecule has 0 amide bonds. The largest absolute Gasteiger partial charge is 2.00 e. The average molecular weight is 501 g/mol. The second kappa shape index (κ2) is 12.5. The molecular weight excluding hydrogens is 470 g/mol. The first-order valence-corrected chi connectivity index (χ1v) is 9.95. The molecule has 0 spiro atoms. The second-order valence-electron chi connectivity index (χ2n) is 6.97. The standard InChI is InChI=1S/C12H13OSi.C10H15.2ClH.Zr/c1-9(13-14-2)11-8-7-10-5-3-4-6-12(10)11;1-7-6-10(4,5)9(3)8(7)2;;;/h3-9H,1-2H3;1-5H3;2*1H;/q2*-1;;;+2. The predicted molar refractivity (Wildman–Crippen MR) is 120 cm³/mol. The SMILES string of the molecule is CC1=[C-]C(C)(C)C(C)=C1C.C[Si]OC(C)[c-]1ccc2ccccc21.Cl.Cl.[Zr+2]. The van der Waals surface area contributed by atoms with Crippen LogP contribution in [-0.2, 0) is 30.6 Å². The normalized spacial score (nSPS) is 15.6. The van der Waals surface area contributed by atoms with Gasteiger partial charge in [0.15, 0.2) is 0 Å². The van der Waals surface area contributed by atoms with Crippen molar-refractivity contribution in [2.75, 3.05) is 0 Å². The summed E-state index contributed by atoms with van der Waals surface area (Å²) in [7, 11) is 0.547. The van der Waals surface area contributed by atoms with Gasteiger partial charge in [-0.15, -0.1) is 72.3 Å². The summed E-state index contributed by atoms with van der Waals surface area (Å²) in [5, 5.41) is 2.62. The average Bonchev–Trinajstić information content (AvgIpc) is 3.04. The van der Waals surface area contributed by atoms with Crippen LogP contribution in [0.3, 0.4) is 0 Å². The monoisotopic (exact) mass is 498 g/mol. The molecule has 2 aromatic rings. The number of rotatable bonds is 3. The van der Waals surface area contributed by atoms with Crippen molar-refractivity contribution in [1.82, 2.24) is 0 Å². The van der Waals surface area contributed by atoms with E-state index < -0.39 is 0 Å². The summed E-state index contributed by atoms with van der Waals surface area (Å²) in [6.45, 7) is 15.1. The first kappa shape index (κ1) is 29.2. The van der Waals surface area contributed by atoms with Crippen LogP contribution in [0.15, 0.2) is 53.1 Å². The fourth-order valence-electron chi connectivity index (χ4n) is 3.18. The van der Waals surface area contributed by atoms with E-state index in [1.54, 1.807) is 0 Å². The molecule has 0 saturated carbocycles. The Bertz CT molecular complexity index is 777. The van der Waals surface area contributed by atoms with E-state index >= 15 is 0 Å². The van der Waals surface area contributed by atoms with Gasteiger partial charge in [-0.05, 0) is 13.5 Å². The third kappa shape index (κ3) is 7.05. The zero-order valence-corrected chi connectivity index (χ0v) is 22.4. The first-order valence-electron chi connectivity index (χ1n) is 8.54. The van der Waals surface area contributed by atoms with Crippen molar-refractivity contribution in [3.8, 4) is 0 Å². The van der Waals surface area contributed by atoms with Gasteiger partial charge in [0, 0.05) is 6.10 Å². The quantitative estimate of drug-likeness (QED) is 0.318. The summed E-state index contributed by atoms with van der Waals surface area (Å²) < 4.78 is 5.62. The molecule has 0 heterocycles. The first-order chi connectivity index (χ1) is 11.3. The number of hydrogen-bond acceptors (Lipinski definition) is 1. The van der Waals surface area contributed by atoms with Crippen molar-refractivity contribution < 1.29 is 30.6 Å². The molecule has 1 unspecified atom stereocenters. The zero-order chi connectivity index (χ0) is 17.9. The molecule has 0 saturated heterocycles. The van der Waals surface area contributed by atoms with Gasteiger partial charge in [-0.3, -0.25) is 6.08 Å². The van der Waals surface area contributed by atoms with E-state index in [1.165, 1.54) is 33.1 Å². The van der Waals surface area contributed by atoms with Crippen LogP contribution in [0.2, 0.25) is 6.55 Å². The fraction of sp³-hybridized carbons (Fsp3) is 0.409. The second-order valence-corrected chi connectivity index (χ2v) is 7.61. The maximum atomic E-state index is 5.62. The number of benzene rings is 1. The van der Waals surface area contributed by atoms with Crippen LogP contribution in [0, 0.1) is 11.5 Å². The minimum atomic E-state index is 0. The maximum Gasteiger partial charge on any atom is 2.00 e. The maximum absolute atomic E-state index is 5.62. The smallest absolute Gasteiger partial charge is 0.419 e. The van der Waals surface area contributed by atoms with Crippen LogP contribution in [0.4, 0.5) is 0 Å². The van der Waals surface area contributed by atoms with Crippen molar-refractivity contribution in [3.05, 3.63) is 64.8 Å². The topological polar surface area (TPSA) is 9.23 Å². The molecule has 0 aromatic heterocycles. The molecule has 1 nitrogen and oxygen atoms in total. The van der Waals surface area contributed by atoms with E-state index in [0.717, 1.165) is 0 Å². The van der Waals surface area contributed by atoms with Gasteiger partial charge in [-0.1, -0.05) is 39.2 Å². The molecular formula is C22H30Cl2OSiZr. The van der Waals surface area contributed by atoms with E-state index in [-0.39, 0.29) is 62.5 Å². The summed E-state index contributed by atoms with van der Waals surface area (Å²) >= 11 is 0. The Morgan fingerprint density at radius 3 is 2.11 bits per heavy atom. The summed E-state index contributed by atoms with van der Waals surface area (Å²) in [4.78, 5) is 0. The van der Waals surface area contributed by atoms with Crippen LogP contribution in [-0.4, -0.2) is 9.76 Å². The summed E-state index contributed by atoms with van der Waals surface area (Å²) in [6, 6.07) is 12.8. The molecule has 0 fully saturated rings. The Kier molecular flexibility index (Phi) is 13.5. The van der Waals surface area contributed by atoms with Gasteiger partial charge in [0.1, 0.15) is 0 Å². The molecule has 0 aliphatic heterocycles. The van der Waals surface area contributed by atoms with Crippen molar-refractivity contribution in [2.45, 2.75) is 54.2 Å². The Morgan fingerprint density at radius 1 is 1.07 bits per heavy atom. The number of hydrogen-bond donors (Lipinski definition) is 0. The van der Waals surface area contributed by atoms with Crippen LogP contribution in [0.25, 0.3) is 10.8 Å². The molecule has 1 aliphatic carbocycles. The number of allylic oxidation sites excluding steroid dienone is 4. The molecule has 2 radical (unpaired) electrons. The van der Waals surface area contributed by atoms with E-state index in [0.29, 0.717) is 9.76 Å². The van der Waals surface area contributed by atoms with Crippen molar-refractivity contribution in [3.63, 3.8) is 0 Å². The van der Waals surface area contributed by atoms with Gasteiger partial charge >= 0.3 is 26.2 Å². The van der Waals surface area contributed by atoms with Crippen molar-refractivity contribution in [1.29, 1.82) is 0 Å². The number of halogens is 2. The molecule has 1 atom stereocenters. The summed E-state index contributed by atoms with van der Waals surface area (Å²) in [6.07, 6.45) is 3.64. The van der Waals surface area contributed by atoms with Crippen molar-refractivity contribution >= 4 is 45.3 Å². The van der Waals surface area contributed by atoms with Gasteiger partial charge in [0.2, 0.25) is 9.76 Å². The minimum absolute atomic E-state index is 0. The van der Waals surface area contributed by atoms with Gasteiger partial charge in [0.25, 0.3) is 0 Å². The molecule has 2 aromatic carbocycles. The zero-order valence-electron chi connectivity index (χ0n) is 17.3. The third-order valence-electron chi connectivity index (χ3n) is 5.01. The predicted octanol–water partition coefficient (Wildman–Crippen LogP) is 7.26. The van der Waals surface area contributed by atoms with Crippen LogP contribution >= 0.6 is 24.8 Å².